The number of phenolic OH excluding ortho intramolecular Hbond substituents is 1. The summed E-state index contributed by atoms with van der Waals surface area (Å²) in [6.07, 6.45) is 0. The van der Waals surface area contributed by atoms with Crippen LogP contribution in [0.25, 0.3) is 10.9 Å². The Bertz CT molecular complexity index is 930. The third kappa shape index (κ3) is 3.10. The van der Waals surface area contributed by atoms with Crippen molar-refractivity contribution in [3.05, 3.63) is 70.0 Å². The second-order valence-corrected chi connectivity index (χ2v) is 5.41. The molecular formula is C17H14FN3O3. The number of hydrogen-bond donors (Lipinski definition) is 2. The molecule has 7 heteroatoms. The molecule has 0 radical (unpaired) electrons. The van der Waals surface area contributed by atoms with Crippen LogP contribution in [0.15, 0.2) is 48.5 Å². The Labute approximate surface area is 136 Å². The number of nitro groups is 1. The van der Waals surface area contributed by atoms with E-state index in [9.17, 15) is 19.6 Å². The Balaban J connectivity index is 1.97. The number of rotatable bonds is 4. The SMILES string of the molecule is CC(Nc1ccc2cc(F)cc([N+](=O)[O-])c2n1)c1cccc(O)c1. The van der Waals surface area contributed by atoms with Crippen molar-refractivity contribution in [1.29, 1.82) is 0 Å². The van der Waals surface area contributed by atoms with Crippen molar-refractivity contribution in [1.82, 2.24) is 4.98 Å². The number of nitrogens with one attached hydrogen (secondary N) is 1. The van der Waals surface area contributed by atoms with E-state index in [-0.39, 0.29) is 23.0 Å². The summed E-state index contributed by atoms with van der Waals surface area (Å²) in [6, 6.07) is 11.9. The predicted molar refractivity (Wildman–Crippen MR) is 88.5 cm³/mol. The number of non-ortho nitro benzene ring substituents is 1. The van der Waals surface area contributed by atoms with Crippen LogP contribution in [0.2, 0.25) is 0 Å². The first-order chi connectivity index (χ1) is 11.4. The molecule has 2 aromatic carbocycles. The van der Waals surface area contributed by atoms with Crippen molar-refractivity contribution in [3.63, 3.8) is 0 Å². The summed E-state index contributed by atoms with van der Waals surface area (Å²) in [5, 5.41) is 24.1. The van der Waals surface area contributed by atoms with Gasteiger partial charge >= 0.3 is 0 Å². The molecule has 0 amide bonds. The Morgan fingerprint density at radius 3 is 2.75 bits per heavy atom. The van der Waals surface area contributed by atoms with Gasteiger partial charge in [0.1, 0.15) is 17.4 Å². The first kappa shape index (κ1) is 15.7. The lowest BCUT2D eigenvalue weighted by atomic mass is 10.1. The largest absolute Gasteiger partial charge is 0.508 e. The summed E-state index contributed by atoms with van der Waals surface area (Å²) in [5.41, 5.74) is 0.582. The highest BCUT2D eigenvalue weighted by Crippen LogP contribution is 2.28. The zero-order chi connectivity index (χ0) is 17.3. The van der Waals surface area contributed by atoms with E-state index in [1.165, 1.54) is 6.07 Å². The number of nitro benzene ring substituents is 1. The van der Waals surface area contributed by atoms with Crippen LogP contribution in [0, 0.1) is 15.9 Å². The minimum absolute atomic E-state index is 0.120. The Hall–Kier alpha value is -3.22. The van der Waals surface area contributed by atoms with Gasteiger partial charge in [-0.15, -0.1) is 0 Å². The zero-order valence-corrected chi connectivity index (χ0v) is 12.7. The summed E-state index contributed by atoms with van der Waals surface area (Å²) in [6.45, 7) is 1.87. The lowest BCUT2D eigenvalue weighted by molar-refractivity contribution is -0.383. The third-order valence-corrected chi connectivity index (χ3v) is 3.67. The first-order valence-electron chi connectivity index (χ1n) is 7.24. The fraction of sp³-hybridized carbons (Fsp3) is 0.118. The van der Waals surface area contributed by atoms with E-state index >= 15 is 0 Å². The molecule has 0 saturated heterocycles. The van der Waals surface area contributed by atoms with E-state index in [0.29, 0.717) is 11.2 Å². The van der Waals surface area contributed by atoms with Gasteiger partial charge in [0.15, 0.2) is 5.52 Å². The number of anilines is 1. The molecule has 122 valence electrons. The fourth-order valence-corrected chi connectivity index (χ4v) is 2.50. The normalized spacial score (nSPS) is 12.1. The first-order valence-corrected chi connectivity index (χ1v) is 7.24. The lowest BCUT2D eigenvalue weighted by Gasteiger charge is -2.15. The molecule has 0 aliphatic rings. The second kappa shape index (κ2) is 6.11. The molecule has 0 saturated carbocycles. The molecule has 1 atom stereocenters. The lowest BCUT2D eigenvalue weighted by Crippen LogP contribution is -2.08. The molecule has 3 rings (SSSR count). The van der Waals surface area contributed by atoms with Gasteiger partial charge in [0.25, 0.3) is 5.69 Å². The summed E-state index contributed by atoms with van der Waals surface area (Å²) in [7, 11) is 0. The van der Waals surface area contributed by atoms with E-state index in [4.69, 9.17) is 0 Å². The highest BCUT2D eigenvalue weighted by Gasteiger charge is 2.16. The Morgan fingerprint density at radius 1 is 1.25 bits per heavy atom. The van der Waals surface area contributed by atoms with Gasteiger partial charge in [0.2, 0.25) is 0 Å². The van der Waals surface area contributed by atoms with Crippen molar-refractivity contribution >= 4 is 22.4 Å². The molecule has 0 bridgehead atoms. The highest BCUT2D eigenvalue weighted by atomic mass is 19.1. The van der Waals surface area contributed by atoms with Crippen LogP contribution in [0.4, 0.5) is 15.9 Å². The van der Waals surface area contributed by atoms with Gasteiger partial charge in [0.05, 0.1) is 17.0 Å². The van der Waals surface area contributed by atoms with Gasteiger partial charge in [-0.3, -0.25) is 10.1 Å². The maximum Gasteiger partial charge on any atom is 0.298 e. The third-order valence-electron chi connectivity index (χ3n) is 3.67. The van der Waals surface area contributed by atoms with Crippen molar-refractivity contribution < 1.29 is 14.4 Å². The standard InChI is InChI=1S/C17H14FN3O3/c1-10(11-3-2-4-14(22)8-11)19-16-6-5-12-7-13(18)9-15(21(23)24)17(12)20-16/h2-10,22H,1H3,(H,19,20). The summed E-state index contributed by atoms with van der Waals surface area (Å²) in [4.78, 5) is 14.7. The Kier molecular flexibility index (Phi) is 3.99. The van der Waals surface area contributed by atoms with Crippen molar-refractivity contribution in [2.75, 3.05) is 5.32 Å². The van der Waals surface area contributed by atoms with Gasteiger partial charge < -0.3 is 10.4 Å². The zero-order valence-electron chi connectivity index (χ0n) is 12.7. The second-order valence-electron chi connectivity index (χ2n) is 5.41. The molecule has 6 nitrogen and oxygen atoms in total. The summed E-state index contributed by atoms with van der Waals surface area (Å²) >= 11 is 0. The van der Waals surface area contributed by atoms with E-state index in [1.807, 2.05) is 13.0 Å². The molecule has 1 heterocycles. The summed E-state index contributed by atoms with van der Waals surface area (Å²) < 4.78 is 13.5. The van der Waals surface area contributed by atoms with E-state index in [1.54, 1.807) is 30.3 Å². The minimum Gasteiger partial charge on any atom is -0.508 e. The molecule has 0 fully saturated rings. The molecule has 1 aromatic heterocycles. The maximum atomic E-state index is 13.5. The molecule has 0 aliphatic carbocycles. The molecule has 0 aliphatic heterocycles. The number of pyridine rings is 1. The molecule has 24 heavy (non-hydrogen) atoms. The predicted octanol–water partition coefficient (Wildman–Crippen LogP) is 4.16. The van der Waals surface area contributed by atoms with Crippen LogP contribution in [0.3, 0.4) is 0 Å². The quantitative estimate of drug-likeness (QED) is 0.555. The molecule has 1 unspecified atom stereocenters. The molecular weight excluding hydrogens is 313 g/mol. The Morgan fingerprint density at radius 2 is 2.04 bits per heavy atom. The number of aromatic hydroxyl groups is 1. The number of hydrogen-bond acceptors (Lipinski definition) is 5. The van der Waals surface area contributed by atoms with E-state index in [2.05, 4.69) is 10.3 Å². The van der Waals surface area contributed by atoms with Crippen LogP contribution < -0.4 is 5.32 Å². The van der Waals surface area contributed by atoms with Gasteiger partial charge in [-0.25, -0.2) is 9.37 Å². The maximum absolute atomic E-state index is 13.5. The summed E-state index contributed by atoms with van der Waals surface area (Å²) in [5.74, 6) is -0.100. The number of nitrogens with zero attached hydrogens (tertiary/aromatic N) is 2. The van der Waals surface area contributed by atoms with E-state index in [0.717, 1.165) is 11.6 Å². The number of aromatic nitrogens is 1. The van der Waals surface area contributed by atoms with Crippen molar-refractivity contribution in [3.8, 4) is 5.75 Å². The van der Waals surface area contributed by atoms with Crippen molar-refractivity contribution in [2.24, 2.45) is 0 Å². The number of halogens is 1. The van der Waals surface area contributed by atoms with Gasteiger partial charge in [0, 0.05) is 5.39 Å². The molecule has 3 aromatic rings. The van der Waals surface area contributed by atoms with Gasteiger partial charge in [-0.2, -0.15) is 0 Å². The van der Waals surface area contributed by atoms with Crippen LogP contribution in [0.1, 0.15) is 18.5 Å². The monoisotopic (exact) mass is 327 g/mol. The van der Waals surface area contributed by atoms with Crippen LogP contribution in [-0.4, -0.2) is 15.0 Å². The van der Waals surface area contributed by atoms with E-state index < -0.39 is 10.7 Å². The number of benzene rings is 2. The van der Waals surface area contributed by atoms with Gasteiger partial charge in [-0.05, 0) is 42.8 Å². The smallest absolute Gasteiger partial charge is 0.298 e. The van der Waals surface area contributed by atoms with Gasteiger partial charge in [-0.1, -0.05) is 12.1 Å². The topological polar surface area (TPSA) is 88.3 Å². The number of phenols is 1. The number of fused-ring (bicyclic) bond motifs is 1. The molecule has 2 N–H and O–H groups in total. The van der Waals surface area contributed by atoms with Crippen LogP contribution in [-0.2, 0) is 0 Å². The fourth-order valence-electron chi connectivity index (χ4n) is 2.50. The molecule has 0 spiro atoms. The van der Waals surface area contributed by atoms with Crippen LogP contribution in [0.5, 0.6) is 5.75 Å². The average Bonchev–Trinajstić information content (AvgIpc) is 2.54. The average molecular weight is 327 g/mol. The minimum atomic E-state index is -0.676. The highest BCUT2D eigenvalue weighted by molar-refractivity contribution is 5.88. The van der Waals surface area contributed by atoms with Crippen LogP contribution >= 0.6 is 0 Å². The van der Waals surface area contributed by atoms with Crippen molar-refractivity contribution in [2.45, 2.75) is 13.0 Å².